The number of carbonyl (C=O) groups excluding carboxylic acids is 2. The zero-order valence-electron chi connectivity index (χ0n) is 26.8. The van der Waals surface area contributed by atoms with Crippen LogP contribution in [-0.2, 0) is 32.6 Å². The predicted molar refractivity (Wildman–Crippen MR) is 185 cm³/mol. The van der Waals surface area contributed by atoms with Gasteiger partial charge in [0.25, 0.3) is 10.0 Å². The molecule has 9 heteroatoms. The Hall–Kier alpha value is -4.14. The molecule has 0 saturated heterocycles. The Morgan fingerprint density at radius 3 is 1.93 bits per heavy atom. The Morgan fingerprint density at radius 1 is 0.783 bits per heavy atom. The van der Waals surface area contributed by atoms with Crippen molar-refractivity contribution in [1.29, 1.82) is 0 Å². The van der Waals surface area contributed by atoms with Gasteiger partial charge < -0.3 is 10.2 Å². The van der Waals surface area contributed by atoms with Crippen LogP contribution >= 0.6 is 11.6 Å². The first kappa shape index (κ1) is 34.7. The van der Waals surface area contributed by atoms with E-state index in [0.29, 0.717) is 17.1 Å². The van der Waals surface area contributed by atoms with E-state index in [1.54, 1.807) is 54.6 Å². The maximum atomic E-state index is 14.6. The molecular formula is C37H42ClN3O4S. The first-order valence-electron chi connectivity index (χ1n) is 15.6. The number of halogens is 1. The highest BCUT2D eigenvalue weighted by atomic mass is 35.5. The first-order valence-corrected chi connectivity index (χ1v) is 17.4. The molecule has 2 amide bonds. The molecule has 4 aromatic carbocycles. The molecule has 0 aromatic heterocycles. The average molecular weight is 660 g/mol. The lowest BCUT2D eigenvalue weighted by atomic mass is 10.0. The summed E-state index contributed by atoms with van der Waals surface area (Å²) in [6.07, 6.45) is 0.960. The van der Waals surface area contributed by atoms with Crippen molar-refractivity contribution in [2.24, 2.45) is 0 Å². The molecule has 0 aliphatic rings. The molecule has 0 unspecified atom stereocenters. The predicted octanol–water partition coefficient (Wildman–Crippen LogP) is 7.21. The summed E-state index contributed by atoms with van der Waals surface area (Å²) in [7, 11) is -4.15. The summed E-state index contributed by atoms with van der Waals surface area (Å²) < 4.78 is 29.4. The van der Waals surface area contributed by atoms with Gasteiger partial charge in [-0.25, -0.2) is 8.42 Å². The smallest absolute Gasteiger partial charge is 0.264 e. The molecule has 1 N–H and O–H groups in total. The van der Waals surface area contributed by atoms with E-state index in [0.717, 1.165) is 21.0 Å². The Bertz CT molecular complexity index is 1680. The molecule has 0 heterocycles. The third kappa shape index (κ3) is 8.98. The maximum Gasteiger partial charge on any atom is 0.264 e. The molecule has 0 spiro atoms. The van der Waals surface area contributed by atoms with Crippen LogP contribution in [0.1, 0.15) is 56.7 Å². The van der Waals surface area contributed by atoms with Gasteiger partial charge in [0.2, 0.25) is 11.8 Å². The summed E-state index contributed by atoms with van der Waals surface area (Å²) in [5, 5.41) is 3.60. The van der Waals surface area contributed by atoms with Gasteiger partial charge in [0, 0.05) is 24.0 Å². The number of anilines is 1. The maximum absolute atomic E-state index is 14.6. The third-order valence-corrected chi connectivity index (χ3v) is 10.0. The topological polar surface area (TPSA) is 86.8 Å². The number of sulfonamides is 1. The van der Waals surface area contributed by atoms with Crippen molar-refractivity contribution >= 4 is 39.1 Å². The molecular weight excluding hydrogens is 618 g/mol. The van der Waals surface area contributed by atoms with E-state index < -0.39 is 28.5 Å². The summed E-state index contributed by atoms with van der Waals surface area (Å²) in [6, 6.07) is 30.8. The van der Waals surface area contributed by atoms with Gasteiger partial charge in [0.1, 0.15) is 12.6 Å². The van der Waals surface area contributed by atoms with E-state index in [2.05, 4.69) is 19.2 Å². The van der Waals surface area contributed by atoms with Gasteiger partial charge in [-0.3, -0.25) is 13.9 Å². The first-order chi connectivity index (χ1) is 22.0. The number of nitrogens with one attached hydrogen (secondary N) is 1. The quantitative estimate of drug-likeness (QED) is 0.155. The number of amides is 2. The van der Waals surface area contributed by atoms with Crippen LogP contribution in [0.15, 0.2) is 114 Å². The highest BCUT2D eigenvalue weighted by molar-refractivity contribution is 7.92. The highest BCUT2D eigenvalue weighted by Crippen LogP contribution is 2.27. The number of hydrogen-bond donors (Lipinski definition) is 1. The monoisotopic (exact) mass is 659 g/mol. The molecule has 0 radical (unpaired) electrons. The van der Waals surface area contributed by atoms with Crippen molar-refractivity contribution in [3.8, 4) is 0 Å². The van der Waals surface area contributed by atoms with Crippen LogP contribution in [0.5, 0.6) is 0 Å². The van der Waals surface area contributed by atoms with Gasteiger partial charge in [-0.1, -0.05) is 105 Å². The minimum atomic E-state index is -4.15. The Morgan fingerprint density at radius 2 is 1.37 bits per heavy atom. The van der Waals surface area contributed by atoms with Gasteiger partial charge in [0.15, 0.2) is 0 Å². The zero-order chi connectivity index (χ0) is 33.3. The highest BCUT2D eigenvalue weighted by Gasteiger charge is 2.35. The third-order valence-electron chi connectivity index (χ3n) is 8.00. The summed E-state index contributed by atoms with van der Waals surface area (Å²) in [4.78, 5) is 30.0. The van der Waals surface area contributed by atoms with Gasteiger partial charge in [-0.05, 0) is 72.4 Å². The standard InChI is InChI=1S/C37H42ClN3O4S/c1-5-28(4)39-37(43)35(24-29-12-8-6-9-13-29)40(25-30-16-20-32(38)21-17-30)36(42)26-41(33-22-18-31(19-23-33)27(2)3)46(44,45)34-14-10-7-11-15-34/h6-23,27-28,35H,5,24-26H2,1-4H3,(H,39,43)/t28-,35-/m1/s1. The molecule has 46 heavy (non-hydrogen) atoms. The van der Waals surface area contributed by atoms with Gasteiger partial charge in [-0.15, -0.1) is 0 Å². The van der Waals surface area contributed by atoms with E-state index in [4.69, 9.17) is 11.6 Å². The number of carbonyl (C=O) groups is 2. The molecule has 0 fully saturated rings. The largest absolute Gasteiger partial charge is 0.352 e. The van der Waals surface area contributed by atoms with Crippen molar-refractivity contribution in [2.45, 2.75) is 70.0 Å². The fourth-order valence-electron chi connectivity index (χ4n) is 5.06. The van der Waals surface area contributed by atoms with Gasteiger partial charge >= 0.3 is 0 Å². The summed E-state index contributed by atoms with van der Waals surface area (Å²) in [5.41, 5.74) is 3.03. The fourth-order valence-corrected chi connectivity index (χ4v) is 6.62. The van der Waals surface area contributed by atoms with Crippen LogP contribution in [0.4, 0.5) is 5.69 Å². The molecule has 0 aliphatic carbocycles. The van der Waals surface area contributed by atoms with Crippen LogP contribution in [-0.4, -0.2) is 43.8 Å². The van der Waals surface area contributed by atoms with Crippen molar-refractivity contribution in [3.05, 3.63) is 131 Å². The van der Waals surface area contributed by atoms with E-state index in [1.807, 2.05) is 56.3 Å². The van der Waals surface area contributed by atoms with Crippen molar-refractivity contribution < 1.29 is 18.0 Å². The Kier molecular flexibility index (Phi) is 12.0. The zero-order valence-corrected chi connectivity index (χ0v) is 28.3. The second kappa shape index (κ2) is 15.9. The fraction of sp³-hybridized carbons (Fsp3) is 0.297. The second-order valence-corrected chi connectivity index (χ2v) is 14.0. The molecule has 2 atom stereocenters. The molecule has 4 rings (SSSR count). The van der Waals surface area contributed by atoms with E-state index >= 15 is 0 Å². The molecule has 4 aromatic rings. The summed E-state index contributed by atoms with van der Waals surface area (Å²) >= 11 is 6.16. The Balaban J connectivity index is 1.80. The minimum absolute atomic E-state index is 0.0651. The normalized spacial score (nSPS) is 12.7. The van der Waals surface area contributed by atoms with Crippen LogP contribution in [0, 0.1) is 0 Å². The van der Waals surface area contributed by atoms with Crippen LogP contribution < -0.4 is 9.62 Å². The van der Waals surface area contributed by atoms with Gasteiger partial charge in [-0.2, -0.15) is 0 Å². The molecule has 0 aliphatic heterocycles. The van der Waals surface area contributed by atoms with Gasteiger partial charge in [0.05, 0.1) is 10.6 Å². The van der Waals surface area contributed by atoms with Crippen LogP contribution in [0.3, 0.4) is 0 Å². The molecule has 7 nitrogen and oxygen atoms in total. The lowest BCUT2D eigenvalue weighted by Crippen LogP contribution is -2.54. The van der Waals surface area contributed by atoms with E-state index in [9.17, 15) is 18.0 Å². The molecule has 0 saturated carbocycles. The second-order valence-electron chi connectivity index (χ2n) is 11.7. The number of hydrogen-bond acceptors (Lipinski definition) is 4. The minimum Gasteiger partial charge on any atom is -0.352 e. The lowest BCUT2D eigenvalue weighted by Gasteiger charge is -2.34. The van der Waals surface area contributed by atoms with Crippen molar-refractivity contribution in [3.63, 3.8) is 0 Å². The summed E-state index contributed by atoms with van der Waals surface area (Å²) in [5.74, 6) is -0.575. The Labute approximate surface area is 278 Å². The molecule has 242 valence electrons. The summed E-state index contributed by atoms with van der Waals surface area (Å²) in [6.45, 7) is 7.58. The van der Waals surface area contributed by atoms with Crippen molar-refractivity contribution in [2.75, 3.05) is 10.8 Å². The number of benzene rings is 4. The number of nitrogens with zero attached hydrogens (tertiary/aromatic N) is 2. The van der Waals surface area contributed by atoms with E-state index in [1.165, 1.54) is 17.0 Å². The van der Waals surface area contributed by atoms with E-state index in [-0.39, 0.29) is 35.7 Å². The SMILES string of the molecule is CC[C@@H](C)NC(=O)[C@@H](Cc1ccccc1)N(Cc1ccc(Cl)cc1)C(=O)CN(c1ccc(C(C)C)cc1)S(=O)(=O)c1ccccc1. The van der Waals surface area contributed by atoms with Crippen LogP contribution in [0.2, 0.25) is 5.02 Å². The van der Waals surface area contributed by atoms with Crippen LogP contribution in [0.25, 0.3) is 0 Å². The average Bonchev–Trinajstić information content (AvgIpc) is 3.06. The van der Waals surface area contributed by atoms with Crippen molar-refractivity contribution in [1.82, 2.24) is 10.2 Å². The lowest BCUT2D eigenvalue weighted by molar-refractivity contribution is -0.140. The molecule has 0 bridgehead atoms. The number of rotatable bonds is 14.